The normalized spacial score (nSPS) is 39.7. The van der Waals surface area contributed by atoms with Gasteiger partial charge in [0.25, 0.3) is 0 Å². The number of hydrogen-bond acceptors (Lipinski definition) is 5. The number of carbonyl (C=O) groups excluding carboxylic acids is 2. The number of fused-ring (bicyclic) bond motifs is 1. The second kappa shape index (κ2) is 5.26. The Kier molecular flexibility index (Phi) is 3.90. The van der Waals surface area contributed by atoms with Crippen molar-refractivity contribution in [3.63, 3.8) is 0 Å². The molecular weight excluding hydrogens is 236 g/mol. The monoisotopic (exact) mass is 256 g/mol. The lowest BCUT2D eigenvalue weighted by molar-refractivity contribution is -0.157. The van der Waals surface area contributed by atoms with E-state index in [1.54, 1.807) is 6.92 Å². The van der Waals surface area contributed by atoms with Crippen molar-refractivity contribution in [1.29, 1.82) is 0 Å². The molecule has 0 bridgehead atoms. The molecule has 0 unspecified atom stereocenters. The first-order chi connectivity index (χ1) is 8.54. The van der Waals surface area contributed by atoms with E-state index in [9.17, 15) is 14.7 Å². The van der Waals surface area contributed by atoms with Gasteiger partial charge in [0.05, 0.1) is 12.7 Å². The Hall–Kier alpha value is -1.10. The van der Waals surface area contributed by atoms with Crippen LogP contribution in [-0.2, 0) is 19.1 Å². The number of aliphatic hydroxyl groups is 1. The molecule has 5 atom stereocenters. The molecule has 0 amide bonds. The van der Waals surface area contributed by atoms with E-state index in [0.717, 1.165) is 12.8 Å². The zero-order valence-corrected chi connectivity index (χ0v) is 10.8. The smallest absolute Gasteiger partial charge is 0.321 e. The van der Waals surface area contributed by atoms with E-state index in [-0.39, 0.29) is 12.5 Å². The van der Waals surface area contributed by atoms with Crippen LogP contribution in [-0.4, -0.2) is 35.9 Å². The number of aliphatic hydroxyl groups excluding tert-OH is 1. The lowest BCUT2D eigenvalue weighted by Crippen LogP contribution is -2.33. The number of hydrogen-bond donors (Lipinski definition) is 1. The van der Waals surface area contributed by atoms with Crippen molar-refractivity contribution in [2.24, 2.45) is 17.8 Å². The minimum atomic E-state index is -0.852. The SMILES string of the molecule is CCOC(=O)[C@H]1C(=O)O[C@H]2[C@@H]1CC[C@@H](C)C[C@H]2O. The predicted molar refractivity (Wildman–Crippen MR) is 62.5 cm³/mol. The van der Waals surface area contributed by atoms with Crippen LogP contribution in [0.1, 0.15) is 33.1 Å². The molecule has 5 heteroatoms. The van der Waals surface area contributed by atoms with Crippen LogP contribution in [0.2, 0.25) is 0 Å². The average molecular weight is 256 g/mol. The molecule has 18 heavy (non-hydrogen) atoms. The first-order valence-corrected chi connectivity index (χ1v) is 6.59. The van der Waals surface area contributed by atoms with Crippen LogP contribution in [0.15, 0.2) is 0 Å². The summed E-state index contributed by atoms with van der Waals surface area (Å²) in [4.78, 5) is 23.6. The molecule has 0 aromatic carbocycles. The molecule has 0 spiro atoms. The van der Waals surface area contributed by atoms with Crippen molar-refractivity contribution in [3.8, 4) is 0 Å². The maximum atomic E-state index is 11.8. The molecular formula is C13H20O5. The summed E-state index contributed by atoms with van der Waals surface area (Å²) in [7, 11) is 0. The fourth-order valence-electron chi connectivity index (χ4n) is 3.00. The molecule has 1 N–H and O–H groups in total. The Labute approximate surface area is 106 Å². The molecule has 2 rings (SSSR count). The Morgan fingerprint density at radius 1 is 1.50 bits per heavy atom. The van der Waals surface area contributed by atoms with Gasteiger partial charge < -0.3 is 14.6 Å². The fourth-order valence-corrected chi connectivity index (χ4v) is 3.00. The van der Waals surface area contributed by atoms with Crippen LogP contribution < -0.4 is 0 Å². The maximum Gasteiger partial charge on any atom is 0.321 e. The topological polar surface area (TPSA) is 72.8 Å². The Morgan fingerprint density at radius 3 is 2.89 bits per heavy atom. The Morgan fingerprint density at radius 2 is 2.22 bits per heavy atom. The third-order valence-corrected chi connectivity index (χ3v) is 3.91. The minimum absolute atomic E-state index is 0.239. The van der Waals surface area contributed by atoms with E-state index in [0.29, 0.717) is 12.3 Å². The number of rotatable bonds is 2. The number of ether oxygens (including phenoxy) is 2. The summed E-state index contributed by atoms with van der Waals surface area (Å²) in [5, 5.41) is 10.0. The van der Waals surface area contributed by atoms with Gasteiger partial charge in [0.1, 0.15) is 6.10 Å². The molecule has 102 valence electrons. The Bertz CT molecular complexity index is 340. The molecule has 1 saturated carbocycles. The van der Waals surface area contributed by atoms with Crippen molar-refractivity contribution in [2.45, 2.75) is 45.3 Å². The van der Waals surface area contributed by atoms with Gasteiger partial charge in [0.15, 0.2) is 5.92 Å². The average Bonchev–Trinajstić information content (AvgIpc) is 2.57. The van der Waals surface area contributed by atoms with Crippen molar-refractivity contribution in [3.05, 3.63) is 0 Å². The Balaban J connectivity index is 2.17. The summed E-state index contributed by atoms with van der Waals surface area (Å²) in [6.07, 6.45) is 1.01. The highest BCUT2D eigenvalue weighted by Gasteiger charge is 2.52. The molecule has 1 saturated heterocycles. The van der Waals surface area contributed by atoms with Gasteiger partial charge in [0.2, 0.25) is 0 Å². The largest absolute Gasteiger partial charge is 0.465 e. The summed E-state index contributed by atoms with van der Waals surface area (Å²) in [5.74, 6) is -1.77. The lowest BCUT2D eigenvalue weighted by atomic mass is 9.86. The lowest BCUT2D eigenvalue weighted by Gasteiger charge is -2.20. The molecule has 1 aliphatic heterocycles. The molecule has 0 radical (unpaired) electrons. The van der Waals surface area contributed by atoms with Crippen LogP contribution in [0.4, 0.5) is 0 Å². The molecule has 0 aromatic rings. The van der Waals surface area contributed by atoms with Crippen molar-refractivity contribution < 1.29 is 24.2 Å². The zero-order chi connectivity index (χ0) is 13.3. The van der Waals surface area contributed by atoms with E-state index in [1.807, 2.05) is 0 Å². The van der Waals surface area contributed by atoms with E-state index in [1.165, 1.54) is 0 Å². The molecule has 0 aromatic heterocycles. The minimum Gasteiger partial charge on any atom is -0.465 e. The van der Waals surface area contributed by atoms with Gasteiger partial charge in [-0.15, -0.1) is 0 Å². The molecule has 2 aliphatic rings. The van der Waals surface area contributed by atoms with Crippen molar-refractivity contribution in [1.82, 2.24) is 0 Å². The van der Waals surface area contributed by atoms with Crippen LogP contribution in [0.3, 0.4) is 0 Å². The highest BCUT2D eigenvalue weighted by atomic mass is 16.6. The summed E-state index contributed by atoms with van der Waals surface area (Å²) in [6, 6.07) is 0. The highest BCUT2D eigenvalue weighted by Crippen LogP contribution is 2.40. The number of carbonyl (C=O) groups is 2. The van der Waals surface area contributed by atoms with Gasteiger partial charge >= 0.3 is 11.9 Å². The van der Waals surface area contributed by atoms with E-state index in [2.05, 4.69) is 6.92 Å². The predicted octanol–water partition coefficient (Wildman–Crippen LogP) is 0.888. The third-order valence-electron chi connectivity index (χ3n) is 3.91. The standard InChI is InChI=1S/C13H20O5/c1-3-17-12(15)10-8-5-4-7(2)6-9(14)11(8)18-13(10)16/h7-11,14H,3-6H2,1-2H3/t7-,8-,9-,10+,11+/m1/s1. The first-order valence-electron chi connectivity index (χ1n) is 6.59. The van der Waals surface area contributed by atoms with Crippen molar-refractivity contribution in [2.75, 3.05) is 6.61 Å². The number of esters is 2. The summed E-state index contributed by atoms with van der Waals surface area (Å²) in [5.41, 5.74) is 0. The first kappa shape index (κ1) is 13.3. The van der Waals surface area contributed by atoms with Crippen molar-refractivity contribution >= 4 is 11.9 Å². The summed E-state index contributed by atoms with van der Waals surface area (Å²) >= 11 is 0. The molecule has 1 aliphatic carbocycles. The second-order valence-electron chi connectivity index (χ2n) is 5.28. The quantitative estimate of drug-likeness (QED) is 0.586. The van der Waals surface area contributed by atoms with E-state index in [4.69, 9.17) is 9.47 Å². The van der Waals surface area contributed by atoms with Gasteiger partial charge in [0, 0.05) is 5.92 Å². The second-order valence-corrected chi connectivity index (χ2v) is 5.28. The van der Waals surface area contributed by atoms with Gasteiger partial charge in [-0.3, -0.25) is 9.59 Å². The molecule has 1 heterocycles. The summed E-state index contributed by atoms with van der Waals surface area (Å²) in [6.45, 7) is 4.02. The van der Waals surface area contributed by atoms with Crippen LogP contribution in [0.5, 0.6) is 0 Å². The van der Waals surface area contributed by atoms with E-state index >= 15 is 0 Å². The molecule has 5 nitrogen and oxygen atoms in total. The van der Waals surface area contributed by atoms with Crippen LogP contribution in [0.25, 0.3) is 0 Å². The van der Waals surface area contributed by atoms with Gasteiger partial charge in [-0.05, 0) is 25.7 Å². The maximum absolute atomic E-state index is 11.8. The van der Waals surface area contributed by atoms with Crippen LogP contribution in [0, 0.1) is 17.8 Å². The van der Waals surface area contributed by atoms with Gasteiger partial charge in [-0.2, -0.15) is 0 Å². The van der Waals surface area contributed by atoms with E-state index < -0.39 is 30.1 Å². The fraction of sp³-hybridized carbons (Fsp3) is 0.846. The molecule has 2 fully saturated rings. The zero-order valence-electron chi connectivity index (χ0n) is 10.8. The summed E-state index contributed by atoms with van der Waals surface area (Å²) < 4.78 is 10.1. The third kappa shape index (κ3) is 2.36. The van der Waals surface area contributed by atoms with Crippen LogP contribution >= 0.6 is 0 Å². The van der Waals surface area contributed by atoms with Gasteiger partial charge in [-0.25, -0.2) is 0 Å². The highest BCUT2D eigenvalue weighted by molar-refractivity contribution is 5.96. The van der Waals surface area contributed by atoms with Gasteiger partial charge in [-0.1, -0.05) is 13.3 Å².